The first-order chi connectivity index (χ1) is 12.5. The molecule has 0 amide bonds. The van der Waals surface area contributed by atoms with Crippen LogP contribution in [0.1, 0.15) is 37.4 Å². The third kappa shape index (κ3) is 5.79. The molecule has 2 N–H and O–H groups in total. The molecule has 6 nitrogen and oxygen atoms in total. The molecule has 2 rings (SSSR count). The van der Waals surface area contributed by atoms with E-state index in [1.165, 1.54) is 5.56 Å². The molecule has 0 saturated carbocycles. The second-order valence-electron chi connectivity index (χ2n) is 6.84. The molecule has 0 aliphatic rings. The Morgan fingerprint density at radius 3 is 2.62 bits per heavy atom. The Morgan fingerprint density at radius 2 is 1.96 bits per heavy atom. The van der Waals surface area contributed by atoms with E-state index in [9.17, 15) is 0 Å². The highest BCUT2D eigenvalue weighted by molar-refractivity contribution is 5.79. The summed E-state index contributed by atoms with van der Waals surface area (Å²) in [6.45, 7) is 6.96. The van der Waals surface area contributed by atoms with Crippen molar-refractivity contribution >= 4 is 11.6 Å². The second kappa shape index (κ2) is 9.85. The smallest absolute Gasteiger partial charge is 0.193 e. The maximum Gasteiger partial charge on any atom is 0.193 e. The first-order valence-electron chi connectivity index (χ1n) is 9.24. The molecule has 142 valence electrons. The summed E-state index contributed by atoms with van der Waals surface area (Å²) < 4.78 is 1.89. The number of hydrogen-bond donors (Lipinski definition) is 2. The molecule has 0 spiro atoms. The fourth-order valence-corrected chi connectivity index (χ4v) is 2.96. The number of para-hydroxylation sites is 1. The highest BCUT2D eigenvalue weighted by Crippen LogP contribution is 2.18. The minimum Gasteiger partial charge on any atom is -0.385 e. The van der Waals surface area contributed by atoms with E-state index in [0.29, 0.717) is 5.92 Å². The lowest BCUT2D eigenvalue weighted by molar-refractivity contribution is 0.473. The number of guanidine groups is 1. The van der Waals surface area contributed by atoms with Gasteiger partial charge in [-0.25, -0.2) is 0 Å². The summed E-state index contributed by atoms with van der Waals surface area (Å²) in [5.74, 6) is 1.32. The summed E-state index contributed by atoms with van der Waals surface area (Å²) in [5, 5.41) is 11.4. The number of nitrogens with zero attached hydrogens (tertiary/aromatic N) is 4. The van der Waals surface area contributed by atoms with E-state index in [-0.39, 0.29) is 0 Å². The number of anilines is 1. The molecule has 6 heteroatoms. The van der Waals surface area contributed by atoms with Crippen LogP contribution in [0, 0.1) is 0 Å². The van der Waals surface area contributed by atoms with Gasteiger partial charge in [0.1, 0.15) is 0 Å². The zero-order valence-electron chi connectivity index (χ0n) is 16.7. The van der Waals surface area contributed by atoms with E-state index in [1.54, 1.807) is 0 Å². The van der Waals surface area contributed by atoms with Gasteiger partial charge in [-0.15, -0.1) is 0 Å². The predicted octanol–water partition coefficient (Wildman–Crippen LogP) is 3.05. The average Bonchev–Trinajstić information content (AvgIpc) is 2.99. The molecule has 0 aliphatic heterocycles. The van der Waals surface area contributed by atoms with Gasteiger partial charge in [0.25, 0.3) is 0 Å². The lowest BCUT2D eigenvalue weighted by Crippen LogP contribution is -2.39. The molecule has 2 aromatic rings. The lowest BCUT2D eigenvalue weighted by atomic mass is 10.1. The number of hydrogen-bond acceptors (Lipinski definition) is 3. The van der Waals surface area contributed by atoms with Gasteiger partial charge in [0.05, 0.1) is 5.69 Å². The first-order valence-corrected chi connectivity index (χ1v) is 9.24. The molecule has 0 bridgehead atoms. The van der Waals surface area contributed by atoms with Crippen LogP contribution >= 0.6 is 0 Å². The van der Waals surface area contributed by atoms with Crippen molar-refractivity contribution in [2.45, 2.75) is 32.7 Å². The summed E-state index contributed by atoms with van der Waals surface area (Å²) in [5.41, 5.74) is 3.56. The number of aliphatic imine (C=N–C) groups is 1. The van der Waals surface area contributed by atoms with Gasteiger partial charge in [0, 0.05) is 58.2 Å². The van der Waals surface area contributed by atoms with Crippen molar-refractivity contribution in [1.82, 2.24) is 20.0 Å². The topological polar surface area (TPSA) is 57.5 Å². The minimum atomic E-state index is 0.415. The lowest BCUT2D eigenvalue weighted by Gasteiger charge is -2.22. The van der Waals surface area contributed by atoms with Gasteiger partial charge in [-0.2, -0.15) is 5.10 Å². The van der Waals surface area contributed by atoms with Crippen LogP contribution in [0.15, 0.2) is 41.5 Å². The number of rotatable bonds is 8. The Labute approximate surface area is 157 Å². The van der Waals surface area contributed by atoms with E-state index >= 15 is 0 Å². The zero-order chi connectivity index (χ0) is 18.9. The molecule has 0 unspecified atom stereocenters. The molecule has 1 heterocycles. The van der Waals surface area contributed by atoms with E-state index in [2.05, 4.69) is 64.8 Å². The van der Waals surface area contributed by atoms with Crippen molar-refractivity contribution < 1.29 is 0 Å². The van der Waals surface area contributed by atoms with E-state index in [4.69, 9.17) is 0 Å². The minimum absolute atomic E-state index is 0.415. The summed E-state index contributed by atoms with van der Waals surface area (Å²) in [6, 6.07) is 10.3. The van der Waals surface area contributed by atoms with Crippen LogP contribution < -0.4 is 10.6 Å². The Hall–Kier alpha value is -2.50. The van der Waals surface area contributed by atoms with Crippen molar-refractivity contribution in [3.05, 3.63) is 47.8 Å². The molecule has 0 saturated heterocycles. The van der Waals surface area contributed by atoms with Gasteiger partial charge in [-0.3, -0.25) is 9.67 Å². The third-order valence-electron chi connectivity index (χ3n) is 4.20. The third-order valence-corrected chi connectivity index (χ3v) is 4.20. The normalized spacial score (nSPS) is 11.7. The van der Waals surface area contributed by atoms with Crippen LogP contribution in [-0.4, -0.2) is 47.8 Å². The SMILES string of the molecule is CN=C(NCCCNc1ccccc1)N(C)Cc1cn(C)nc1C(C)C. The number of benzene rings is 1. The van der Waals surface area contributed by atoms with Crippen molar-refractivity contribution in [3.63, 3.8) is 0 Å². The Morgan fingerprint density at radius 1 is 1.23 bits per heavy atom. The Bertz CT molecular complexity index is 690. The summed E-state index contributed by atoms with van der Waals surface area (Å²) in [6.07, 6.45) is 3.12. The van der Waals surface area contributed by atoms with Crippen molar-refractivity contribution in [2.75, 3.05) is 32.5 Å². The van der Waals surface area contributed by atoms with Gasteiger partial charge in [0.15, 0.2) is 5.96 Å². The van der Waals surface area contributed by atoms with Gasteiger partial charge in [0.2, 0.25) is 0 Å². The molecular weight excluding hydrogens is 324 g/mol. The molecule has 0 atom stereocenters. The first kappa shape index (κ1) is 19.8. The summed E-state index contributed by atoms with van der Waals surface area (Å²) in [4.78, 5) is 6.55. The van der Waals surface area contributed by atoms with E-state index in [0.717, 1.165) is 43.4 Å². The van der Waals surface area contributed by atoms with Crippen molar-refractivity contribution in [2.24, 2.45) is 12.0 Å². The summed E-state index contributed by atoms with van der Waals surface area (Å²) in [7, 11) is 5.87. The molecule has 0 radical (unpaired) electrons. The molecule has 1 aromatic carbocycles. The van der Waals surface area contributed by atoms with E-state index in [1.807, 2.05) is 37.0 Å². The van der Waals surface area contributed by atoms with Crippen LogP contribution in [-0.2, 0) is 13.6 Å². The monoisotopic (exact) mass is 356 g/mol. The largest absolute Gasteiger partial charge is 0.385 e. The van der Waals surface area contributed by atoms with Gasteiger partial charge >= 0.3 is 0 Å². The Kier molecular flexibility index (Phi) is 7.51. The fraction of sp³-hybridized carbons (Fsp3) is 0.500. The maximum atomic E-state index is 4.59. The second-order valence-corrected chi connectivity index (χ2v) is 6.84. The molecule has 0 fully saturated rings. The van der Waals surface area contributed by atoms with E-state index < -0.39 is 0 Å². The molecule has 0 aliphatic carbocycles. The van der Waals surface area contributed by atoms with Gasteiger partial charge in [-0.1, -0.05) is 32.0 Å². The average molecular weight is 357 g/mol. The van der Waals surface area contributed by atoms with Crippen LogP contribution in [0.25, 0.3) is 0 Å². The quantitative estimate of drug-likeness (QED) is 0.434. The van der Waals surface area contributed by atoms with Crippen LogP contribution in [0.4, 0.5) is 5.69 Å². The number of nitrogens with one attached hydrogen (secondary N) is 2. The van der Waals surface area contributed by atoms with Crippen molar-refractivity contribution in [3.8, 4) is 0 Å². The number of aromatic nitrogens is 2. The Balaban J connectivity index is 1.79. The van der Waals surface area contributed by atoms with Gasteiger partial charge in [-0.05, 0) is 24.5 Å². The fourth-order valence-electron chi connectivity index (χ4n) is 2.96. The standard InChI is InChI=1S/C20H32N6/c1-16(2)19-17(15-26(5)24-19)14-25(4)20(21-3)23-13-9-12-22-18-10-7-6-8-11-18/h6-8,10-11,15-16,22H,9,12-14H2,1-5H3,(H,21,23). The summed E-state index contributed by atoms with van der Waals surface area (Å²) >= 11 is 0. The molecular formula is C20H32N6. The predicted molar refractivity (Wildman–Crippen MR) is 110 cm³/mol. The van der Waals surface area contributed by atoms with Crippen molar-refractivity contribution in [1.29, 1.82) is 0 Å². The highest BCUT2D eigenvalue weighted by Gasteiger charge is 2.14. The maximum absolute atomic E-state index is 4.59. The van der Waals surface area contributed by atoms with Crippen LogP contribution in [0.3, 0.4) is 0 Å². The number of aryl methyl sites for hydroxylation is 1. The zero-order valence-corrected chi connectivity index (χ0v) is 16.7. The van der Waals surface area contributed by atoms with Gasteiger partial charge < -0.3 is 15.5 Å². The van der Waals surface area contributed by atoms with Crippen LogP contribution in [0.5, 0.6) is 0 Å². The van der Waals surface area contributed by atoms with Crippen LogP contribution in [0.2, 0.25) is 0 Å². The molecule has 26 heavy (non-hydrogen) atoms. The highest BCUT2D eigenvalue weighted by atomic mass is 15.3. The molecule has 1 aromatic heterocycles.